The summed E-state index contributed by atoms with van der Waals surface area (Å²) in [6, 6.07) is 12.7. The minimum Gasteiger partial charge on any atom is -0.496 e. The molecule has 192 valence electrons. The fraction of sp³-hybridized carbons (Fsp3) is 0.552. The molecular weight excluding hydrogens is 440 g/mol. The van der Waals surface area contributed by atoms with Gasteiger partial charge < -0.3 is 24.2 Å². The smallest absolute Gasteiger partial charge is 0.125 e. The molecule has 0 amide bonds. The van der Waals surface area contributed by atoms with E-state index in [1.165, 1.54) is 5.56 Å². The Balaban J connectivity index is 2.18. The van der Waals surface area contributed by atoms with Crippen LogP contribution in [0.1, 0.15) is 54.5 Å². The molecule has 0 unspecified atom stereocenters. The summed E-state index contributed by atoms with van der Waals surface area (Å²) < 4.78 is 11.8. The Bertz CT molecular complexity index is 1000. The van der Waals surface area contributed by atoms with Gasteiger partial charge in [0.2, 0.25) is 0 Å². The first-order chi connectivity index (χ1) is 16.6. The van der Waals surface area contributed by atoms with Crippen molar-refractivity contribution in [3.05, 3.63) is 58.1 Å². The van der Waals surface area contributed by atoms with E-state index in [4.69, 9.17) is 9.47 Å². The number of nitriles is 1. The highest BCUT2D eigenvalue weighted by atomic mass is 16.5. The third-order valence-electron chi connectivity index (χ3n) is 7.36. The van der Waals surface area contributed by atoms with Crippen molar-refractivity contribution < 1.29 is 24.2 Å². The van der Waals surface area contributed by atoms with E-state index in [0.29, 0.717) is 23.3 Å². The normalized spacial score (nSPS) is 13.4. The van der Waals surface area contributed by atoms with Crippen molar-refractivity contribution in [1.82, 2.24) is 0 Å². The van der Waals surface area contributed by atoms with E-state index >= 15 is 0 Å². The van der Waals surface area contributed by atoms with E-state index in [9.17, 15) is 15.5 Å². The lowest BCUT2D eigenvalue weighted by Gasteiger charge is -2.35. The van der Waals surface area contributed by atoms with Crippen LogP contribution in [0.15, 0.2) is 30.3 Å². The van der Waals surface area contributed by atoms with E-state index in [0.717, 1.165) is 47.3 Å². The molecule has 0 aliphatic heterocycles. The monoisotopic (exact) mass is 483 g/mol. The molecule has 2 aromatic rings. The Morgan fingerprint density at radius 2 is 1.69 bits per heavy atom. The topological polar surface area (TPSA) is 82.7 Å². The Hall–Kier alpha value is -2.59. The lowest BCUT2D eigenvalue weighted by Crippen LogP contribution is -2.43. The van der Waals surface area contributed by atoms with Gasteiger partial charge in [-0.15, -0.1) is 0 Å². The summed E-state index contributed by atoms with van der Waals surface area (Å²) in [7, 11) is 7.72. The molecule has 0 radical (unpaired) electrons. The second kappa shape index (κ2) is 12.4. The highest BCUT2D eigenvalue weighted by Gasteiger charge is 2.37. The molecule has 0 saturated carbocycles. The Labute approximate surface area is 211 Å². The molecule has 6 nitrogen and oxygen atoms in total. The summed E-state index contributed by atoms with van der Waals surface area (Å²) in [6.07, 6.45) is 2.54. The minimum atomic E-state index is -0.713. The van der Waals surface area contributed by atoms with Crippen LogP contribution in [-0.2, 0) is 25.0 Å². The third-order valence-corrected chi connectivity index (χ3v) is 7.36. The van der Waals surface area contributed by atoms with Gasteiger partial charge in [-0.05, 0) is 60.1 Å². The van der Waals surface area contributed by atoms with E-state index < -0.39 is 5.41 Å². The number of hydrogen-bond acceptors (Lipinski definition) is 5. The predicted octanol–water partition coefficient (Wildman–Crippen LogP) is 4.51. The van der Waals surface area contributed by atoms with Crippen molar-refractivity contribution in [2.24, 2.45) is 5.92 Å². The van der Waals surface area contributed by atoms with Gasteiger partial charge in [-0.2, -0.15) is 5.26 Å². The first-order valence-electron chi connectivity index (χ1n) is 12.4. The summed E-state index contributed by atoms with van der Waals surface area (Å²) in [5.41, 5.74) is 3.70. The Morgan fingerprint density at radius 3 is 2.23 bits per heavy atom. The number of aliphatic hydroxyl groups excluding tert-OH is 2. The first-order valence-corrected chi connectivity index (χ1v) is 12.4. The van der Waals surface area contributed by atoms with Crippen LogP contribution in [0.4, 0.5) is 0 Å². The van der Waals surface area contributed by atoms with Crippen molar-refractivity contribution in [1.29, 1.82) is 5.26 Å². The Morgan fingerprint density at radius 1 is 1.00 bits per heavy atom. The standard InChI is InChI=1S/C29H43N2O4/c1-21(2)29(20-30,25-16-24(18-32)26(19-33)28(17-25)35-7)12-8-13-31(4,5)14-11-23-10-9-22(3)27(15-23)34-6/h9-10,15-17,21,32-33H,8,11-14,18-19H2,1-7H3/q+1/t29-/m0/s1. The highest BCUT2D eigenvalue weighted by Crippen LogP contribution is 2.40. The van der Waals surface area contributed by atoms with Crippen molar-refractivity contribution in [3.63, 3.8) is 0 Å². The number of rotatable bonds is 13. The van der Waals surface area contributed by atoms with Gasteiger partial charge in [-0.1, -0.05) is 32.0 Å². The molecule has 6 heteroatoms. The van der Waals surface area contributed by atoms with E-state index in [1.54, 1.807) is 14.2 Å². The van der Waals surface area contributed by atoms with Gasteiger partial charge in [0.25, 0.3) is 0 Å². The van der Waals surface area contributed by atoms with Crippen molar-refractivity contribution in [2.75, 3.05) is 41.4 Å². The van der Waals surface area contributed by atoms with Gasteiger partial charge >= 0.3 is 0 Å². The van der Waals surface area contributed by atoms with Gasteiger partial charge in [0.05, 0.1) is 66.1 Å². The number of ether oxygens (including phenoxy) is 2. The number of aliphatic hydroxyl groups is 2. The lowest BCUT2D eigenvalue weighted by molar-refractivity contribution is -0.890. The zero-order chi connectivity index (χ0) is 26.2. The number of quaternary nitrogens is 1. The molecule has 0 saturated heterocycles. The molecule has 0 bridgehead atoms. The summed E-state index contributed by atoms with van der Waals surface area (Å²) >= 11 is 0. The molecule has 0 spiro atoms. The van der Waals surface area contributed by atoms with Crippen molar-refractivity contribution in [2.45, 2.75) is 58.7 Å². The van der Waals surface area contributed by atoms with Crippen LogP contribution in [0, 0.1) is 24.2 Å². The predicted molar refractivity (Wildman–Crippen MR) is 139 cm³/mol. The maximum Gasteiger partial charge on any atom is 0.125 e. The maximum atomic E-state index is 10.4. The molecule has 0 fully saturated rings. The molecule has 0 aliphatic rings. The van der Waals surface area contributed by atoms with Gasteiger partial charge in [0.1, 0.15) is 11.5 Å². The second-order valence-corrected chi connectivity index (χ2v) is 10.4. The molecule has 2 N–H and O–H groups in total. The van der Waals surface area contributed by atoms with Crippen LogP contribution >= 0.6 is 0 Å². The van der Waals surface area contributed by atoms with Crippen LogP contribution in [0.2, 0.25) is 0 Å². The molecule has 0 aliphatic carbocycles. The lowest BCUT2D eigenvalue weighted by atomic mass is 9.69. The minimum absolute atomic E-state index is 0.0689. The number of methoxy groups -OCH3 is 2. The molecule has 2 aromatic carbocycles. The summed E-state index contributed by atoms with van der Waals surface area (Å²) in [6.45, 7) is 7.68. The fourth-order valence-electron chi connectivity index (χ4n) is 4.83. The van der Waals surface area contributed by atoms with E-state index in [2.05, 4.69) is 59.1 Å². The SMILES string of the molecule is COc1cc(CC[N+](C)(C)CCC[C@@](C#N)(c2cc(CO)c(CO)c(OC)c2)C(C)C)ccc1C. The van der Waals surface area contributed by atoms with Gasteiger partial charge in [0, 0.05) is 12.0 Å². The largest absolute Gasteiger partial charge is 0.496 e. The van der Waals surface area contributed by atoms with Crippen LogP contribution in [0.25, 0.3) is 0 Å². The molecule has 0 aromatic heterocycles. The summed E-state index contributed by atoms with van der Waals surface area (Å²) in [5.74, 6) is 1.51. The highest BCUT2D eigenvalue weighted by molar-refractivity contribution is 5.48. The molecular formula is C29H43N2O4+. The van der Waals surface area contributed by atoms with Crippen LogP contribution in [0.3, 0.4) is 0 Å². The quantitative estimate of drug-likeness (QED) is 0.410. The molecule has 2 rings (SSSR count). The number of aryl methyl sites for hydroxylation is 1. The molecule has 0 heterocycles. The van der Waals surface area contributed by atoms with E-state index in [1.807, 2.05) is 12.1 Å². The molecule has 1 atom stereocenters. The average molecular weight is 484 g/mol. The zero-order valence-electron chi connectivity index (χ0n) is 22.5. The zero-order valence-corrected chi connectivity index (χ0v) is 22.5. The number of nitrogens with zero attached hydrogens (tertiary/aromatic N) is 2. The Kier molecular flexibility index (Phi) is 10.1. The number of hydrogen-bond donors (Lipinski definition) is 2. The number of likely N-dealkylation sites (N-methyl/N-ethyl adjacent to an activating group) is 1. The first kappa shape index (κ1) is 28.6. The van der Waals surface area contributed by atoms with Crippen LogP contribution in [-0.4, -0.2) is 56.1 Å². The van der Waals surface area contributed by atoms with Crippen molar-refractivity contribution in [3.8, 4) is 17.6 Å². The van der Waals surface area contributed by atoms with Gasteiger partial charge in [0.15, 0.2) is 0 Å². The third kappa shape index (κ3) is 6.76. The molecule has 35 heavy (non-hydrogen) atoms. The van der Waals surface area contributed by atoms with Crippen LogP contribution in [0.5, 0.6) is 11.5 Å². The maximum absolute atomic E-state index is 10.4. The van der Waals surface area contributed by atoms with Crippen LogP contribution < -0.4 is 9.47 Å². The van der Waals surface area contributed by atoms with Crippen molar-refractivity contribution >= 4 is 0 Å². The number of benzene rings is 2. The summed E-state index contributed by atoms with van der Waals surface area (Å²) in [4.78, 5) is 0. The second-order valence-electron chi connectivity index (χ2n) is 10.4. The average Bonchev–Trinajstić information content (AvgIpc) is 2.85. The van der Waals surface area contributed by atoms with Gasteiger partial charge in [-0.3, -0.25) is 0 Å². The van der Waals surface area contributed by atoms with Gasteiger partial charge in [-0.25, -0.2) is 0 Å². The van der Waals surface area contributed by atoms with E-state index in [-0.39, 0.29) is 19.1 Å². The fourth-order valence-corrected chi connectivity index (χ4v) is 4.83. The summed E-state index contributed by atoms with van der Waals surface area (Å²) in [5, 5.41) is 30.0.